The molecule has 3 aromatic rings. The molecule has 0 saturated carbocycles. The SMILES string of the molecule is C#CCn1c(=NC(=O)c2ccco2)sc2cc(S(N)(=O)=O)ccc21. The first-order valence-electron chi connectivity index (χ1n) is 6.62. The summed E-state index contributed by atoms with van der Waals surface area (Å²) in [6, 6.07) is 7.49. The molecule has 9 heteroatoms. The minimum atomic E-state index is -3.82. The summed E-state index contributed by atoms with van der Waals surface area (Å²) in [6.45, 7) is 0.180. The Balaban J connectivity index is 2.22. The largest absolute Gasteiger partial charge is 0.459 e. The minimum absolute atomic E-state index is 0.0204. The molecule has 2 N–H and O–H groups in total. The number of hydrogen-bond donors (Lipinski definition) is 1. The summed E-state index contributed by atoms with van der Waals surface area (Å²) in [7, 11) is -3.82. The molecule has 1 amide bonds. The second-order valence-corrected chi connectivity index (χ2v) is 7.31. The lowest BCUT2D eigenvalue weighted by atomic mass is 10.3. The van der Waals surface area contributed by atoms with E-state index in [1.54, 1.807) is 16.7 Å². The van der Waals surface area contributed by atoms with Crippen LogP contribution >= 0.6 is 11.3 Å². The van der Waals surface area contributed by atoms with E-state index in [1.807, 2.05) is 0 Å². The highest BCUT2D eigenvalue weighted by Gasteiger charge is 2.14. The molecular weight excluding hydrogens is 350 g/mol. The van der Waals surface area contributed by atoms with Gasteiger partial charge in [-0.1, -0.05) is 17.3 Å². The van der Waals surface area contributed by atoms with Gasteiger partial charge in [0.05, 0.1) is 27.9 Å². The van der Waals surface area contributed by atoms with Gasteiger partial charge in [-0.25, -0.2) is 13.6 Å². The van der Waals surface area contributed by atoms with Crippen molar-refractivity contribution in [1.29, 1.82) is 0 Å². The molecule has 0 aliphatic rings. The lowest BCUT2D eigenvalue weighted by Gasteiger charge is -2.01. The summed E-state index contributed by atoms with van der Waals surface area (Å²) in [4.78, 5) is 16.4. The molecule has 1 aromatic carbocycles. The number of nitrogens with two attached hydrogens (primary N) is 1. The molecule has 0 atom stereocenters. The highest BCUT2D eigenvalue weighted by atomic mass is 32.2. The minimum Gasteiger partial charge on any atom is -0.459 e. The molecule has 0 spiro atoms. The predicted octanol–water partition coefficient (Wildman–Crippen LogP) is 1.32. The lowest BCUT2D eigenvalue weighted by molar-refractivity contribution is 0.0971. The van der Waals surface area contributed by atoms with E-state index in [2.05, 4.69) is 10.9 Å². The van der Waals surface area contributed by atoms with Gasteiger partial charge in [-0.2, -0.15) is 4.99 Å². The molecule has 24 heavy (non-hydrogen) atoms. The number of aromatic nitrogens is 1. The molecule has 0 saturated heterocycles. The van der Waals surface area contributed by atoms with Gasteiger partial charge < -0.3 is 8.98 Å². The Hall–Kier alpha value is -2.67. The molecular formula is C15H11N3O4S2. The number of carbonyl (C=O) groups is 1. The Bertz CT molecular complexity index is 1130. The van der Waals surface area contributed by atoms with Crippen molar-refractivity contribution >= 4 is 37.5 Å². The summed E-state index contributed by atoms with van der Waals surface area (Å²) >= 11 is 1.14. The number of nitrogens with zero attached hydrogens (tertiary/aromatic N) is 2. The van der Waals surface area contributed by atoms with Crippen LogP contribution in [0.3, 0.4) is 0 Å². The van der Waals surface area contributed by atoms with Crippen LogP contribution in [0.5, 0.6) is 0 Å². The van der Waals surface area contributed by atoms with Crippen LogP contribution in [0, 0.1) is 12.3 Å². The van der Waals surface area contributed by atoms with Gasteiger partial charge in [-0.05, 0) is 30.3 Å². The summed E-state index contributed by atoms with van der Waals surface area (Å²) < 4.78 is 30.2. The molecule has 3 rings (SSSR count). The van der Waals surface area contributed by atoms with Crippen LogP contribution in [0.2, 0.25) is 0 Å². The van der Waals surface area contributed by atoms with Gasteiger partial charge in [0.1, 0.15) is 0 Å². The Kier molecular flexibility index (Phi) is 4.11. The highest BCUT2D eigenvalue weighted by Crippen LogP contribution is 2.21. The van der Waals surface area contributed by atoms with Crippen LogP contribution < -0.4 is 9.94 Å². The molecule has 122 valence electrons. The Morgan fingerprint density at radius 3 is 2.83 bits per heavy atom. The predicted molar refractivity (Wildman–Crippen MR) is 88.6 cm³/mol. The standard InChI is InChI=1S/C15H11N3O4S2/c1-2-7-18-11-6-5-10(24(16,20)21)9-13(11)23-15(18)17-14(19)12-4-3-8-22-12/h1,3-6,8-9H,7H2,(H2,16,20,21). The van der Waals surface area contributed by atoms with Crippen LogP contribution in [-0.4, -0.2) is 18.9 Å². The van der Waals surface area contributed by atoms with Crippen molar-refractivity contribution in [3.8, 4) is 12.3 Å². The molecule has 0 unspecified atom stereocenters. The zero-order valence-corrected chi connectivity index (χ0v) is 13.8. The third-order valence-corrected chi connectivity index (χ3v) is 5.11. The van der Waals surface area contributed by atoms with E-state index in [4.69, 9.17) is 16.0 Å². The Labute approximate surface area is 141 Å². The maximum atomic E-state index is 12.1. The fourth-order valence-corrected chi connectivity index (χ4v) is 3.78. The fourth-order valence-electron chi connectivity index (χ4n) is 2.10. The number of furan rings is 1. The second-order valence-electron chi connectivity index (χ2n) is 4.74. The summed E-state index contributed by atoms with van der Waals surface area (Å²) in [5, 5.41) is 5.14. The molecule has 0 aliphatic carbocycles. The number of carbonyl (C=O) groups excluding carboxylic acids is 1. The van der Waals surface area contributed by atoms with Crippen molar-refractivity contribution in [2.45, 2.75) is 11.4 Å². The number of amides is 1. The quantitative estimate of drug-likeness (QED) is 0.710. The van der Waals surface area contributed by atoms with Gasteiger partial charge in [0.25, 0.3) is 0 Å². The molecule has 2 aromatic heterocycles. The maximum absolute atomic E-state index is 12.1. The number of primary sulfonamides is 1. The van der Waals surface area contributed by atoms with Gasteiger partial charge in [-0.3, -0.25) is 4.79 Å². The summed E-state index contributed by atoms with van der Waals surface area (Å²) in [5.41, 5.74) is 0.663. The van der Waals surface area contributed by atoms with Crippen molar-refractivity contribution in [3.63, 3.8) is 0 Å². The first-order chi connectivity index (χ1) is 11.4. The van der Waals surface area contributed by atoms with Gasteiger partial charge in [0, 0.05) is 0 Å². The van der Waals surface area contributed by atoms with Gasteiger partial charge >= 0.3 is 5.91 Å². The average molecular weight is 361 g/mol. The first kappa shape index (κ1) is 16.2. The summed E-state index contributed by atoms with van der Waals surface area (Å²) in [6.07, 6.45) is 6.75. The average Bonchev–Trinajstić information content (AvgIpc) is 3.15. The smallest absolute Gasteiger partial charge is 0.315 e. The second kappa shape index (κ2) is 6.09. The molecule has 2 heterocycles. The van der Waals surface area contributed by atoms with Crippen molar-refractivity contribution in [1.82, 2.24) is 4.57 Å². The summed E-state index contributed by atoms with van der Waals surface area (Å²) in [5.74, 6) is 2.04. The molecule has 0 bridgehead atoms. The van der Waals surface area contributed by atoms with Gasteiger partial charge in [-0.15, -0.1) is 6.42 Å². The van der Waals surface area contributed by atoms with Crippen molar-refractivity contribution < 1.29 is 17.6 Å². The normalized spacial score (nSPS) is 12.4. The maximum Gasteiger partial charge on any atom is 0.315 e. The van der Waals surface area contributed by atoms with Crippen LogP contribution in [0.4, 0.5) is 0 Å². The Morgan fingerprint density at radius 1 is 1.42 bits per heavy atom. The molecule has 0 fully saturated rings. The van der Waals surface area contributed by atoms with Crippen LogP contribution in [0.25, 0.3) is 10.2 Å². The number of benzene rings is 1. The van der Waals surface area contributed by atoms with E-state index in [0.717, 1.165) is 11.3 Å². The van der Waals surface area contributed by atoms with E-state index in [1.165, 1.54) is 24.5 Å². The molecule has 0 aliphatic heterocycles. The number of terminal acetylenes is 1. The fraction of sp³-hybridized carbons (Fsp3) is 0.0667. The zero-order chi connectivity index (χ0) is 17.3. The van der Waals surface area contributed by atoms with E-state index in [-0.39, 0.29) is 17.2 Å². The monoisotopic (exact) mass is 361 g/mol. The van der Waals surface area contributed by atoms with Crippen molar-refractivity contribution in [3.05, 3.63) is 47.2 Å². The zero-order valence-electron chi connectivity index (χ0n) is 12.2. The van der Waals surface area contributed by atoms with Crippen molar-refractivity contribution in [2.24, 2.45) is 10.1 Å². The third kappa shape index (κ3) is 3.03. The van der Waals surface area contributed by atoms with Crippen LogP contribution in [-0.2, 0) is 16.6 Å². The highest BCUT2D eigenvalue weighted by molar-refractivity contribution is 7.89. The lowest BCUT2D eigenvalue weighted by Crippen LogP contribution is -2.16. The number of thiazole rings is 1. The Morgan fingerprint density at radius 2 is 2.21 bits per heavy atom. The number of hydrogen-bond acceptors (Lipinski definition) is 5. The van der Waals surface area contributed by atoms with Crippen molar-refractivity contribution in [2.75, 3.05) is 0 Å². The van der Waals surface area contributed by atoms with Crippen LogP contribution in [0.15, 0.2) is 50.9 Å². The number of rotatable bonds is 3. The van der Waals surface area contributed by atoms with Crippen LogP contribution in [0.1, 0.15) is 10.6 Å². The molecule has 0 radical (unpaired) electrons. The third-order valence-electron chi connectivity index (χ3n) is 3.16. The number of fused-ring (bicyclic) bond motifs is 1. The van der Waals surface area contributed by atoms with E-state index < -0.39 is 15.9 Å². The van der Waals surface area contributed by atoms with E-state index in [9.17, 15) is 13.2 Å². The van der Waals surface area contributed by atoms with E-state index in [0.29, 0.717) is 15.0 Å². The first-order valence-corrected chi connectivity index (χ1v) is 8.98. The topological polar surface area (TPSA) is 108 Å². The molecule has 7 nitrogen and oxygen atoms in total. The van der Waals surface area contributed by atoms with Gasteiger partial charge in [0.15, 0.2) is 10.6 Å². The number of sulfonamides is 1. The van der Waals surface area contributed by atoms with Gasteiger partial charge in [0.2, 0.25) is 10.0 Å². The van der Waals surface area contributed by atoms with E-state index >= 15 is 0 Å².